The third-order valence-corrected chi connectivity index (χ3v) is 5.16. The summed E-state index contributed by atoms with van der Waals surface area (Å²) in [5, 5.41) is 9.58. The molecule has 1 fully saturated rings. The predicted octanol–water partition coefficient (Wildman–Crippen LogP) is 1.55. The first kappa shape index (κ1) is 17.7. The molecule has 0 radical (unpaired) electrons. The summed E-state index contributed by atoms with van der Waals surface area (Å²) in [6.45, 7) is 1.37. The Morgan fingerprint density at radius 1 is 1.46 bits per heavy atom. The maximum atomic E-state index is 12.0. The highest BCUT2D eigenvalue weighted by molar-refractivity contribution is 5.96. The van der Waals surface area contributed by atoms with Gasteiger partial charge in [-0.05, 0) is 18.6 Å². The number of nitrogens with two attached hydrogens (primary N) is 1. The number of H-pyrrole nitrogens is 1. The zero-order valence-electron chi connectivity index (χ0n) is 15.5. The molecule has 3 aromatic rings. The Kier molecular flexibility index (Phi) is 4.53. The van der Waals surface area contributed by atoms with Crippen molar-refractivity contribution in [2.45, 2.75) is 18.9 Å². The third kappa shape index (κ3) is 3.09. The Morgan fingerprint density at radius 2 is 2.32 bits per heavy atom. The van der Waals surface area contributed by atoms with E-state index in [-0.39, 0.29) is 18.4 Å². The van der Waals surface area contributed by atoms with Crippen LogP contribution in [0.4, 0.5) is 11.6 Å². The first-order valence-corrected chi connectivity index (χ1v) is 9.01. The Balaban J connectivity index is 1.57. The number of rotatable bonds is 4. The fourth-order valence-electron chi connectivity index (χ4n) is 3.52. The Morgan fingerprint density at radius 3 is 3.14 bits per heavy atom. The quantitative estimate of drug-likeness (QED) is 0.707. The zero-order chi connectivity index (χ0) is 19.7. The average molecular weight is 376 g/mol. The normalized spacial score (nSPS) is 16.3. The van der Waals surface area contributed by atoms with Crippen molar-refractivity contribution < 1.29 is 4.79 Å². The van der Waals surface area contributed by atoms with Gasteiger partial charge in [0.15, 0.2) is 0 Å². The molecule has 1 amide bonds. The highest BCUT2D eigenvalue weighted by Crippen LogP contribution is 2.30. The first-order valence-electron chi connectivity index (χ1n) is 9.01. The van der Waals surface area contributed by atoms with Crippen molar-refractivity contribution in [3.8, 4) is 17.3 Å². The van der Waals surface area contributed by atoms with E-state index in [0.717, 1.165) is 29.6 Å². The van der Waals surface area contributed by atoms with Gasteiger partial charge in [-0.3, -0.25) is 4.79 Å². The second-order valence-electron chi connectivity index (χ2n) is 6.80. The van der Waals surface area contributed by atoms with Gasteiger partial charge in [0, 0.05) is 49.7 Å². The number of fused-ring (bicyclic) bond motifs is 1. The number of nitriles is 1. The topological polar surface area (TPSA) is 128 Å². The smallest absolute Gasteiger partial charge is 0.236 e. The van der Waals surface area contributed by atoms with Crippen LogP contribution in [-0.4, -0.2) is 56.9 Å². The molecule has 142 valence electrons. The Labute approximate surface area is 161 Å². The summed E-state index contributed by atoms with van der Waals surface area (Å²) in [5.41, 5.74) is 9.14. The average Bonchev–Trinajstić information content (AvgIpc) is 3.38. The van der Waals surface area contributed by atoms with Crippen molar-refractivity contribution in [2.75, 3.05) is 30.8 Å². The van der Waals surface area contributed by atoms with E-state index in [1.807, 2.05) is 23.1 Å². The molecule has 1 aliphatic heterocycles. The third-order valence-electron chi connectivity index (χ3n) is 5.16. The number of nitrogens with zero attached hydrogens (tertiary/aromatic N) is 6. The van der Waals surface area contributed by atoms with E-state index in [2.05, 4.69) is 19.9 Å². The van der Waals surface area contributed by atoms with E-state index in [0.29, 0.717) is 23.9 Å². The highest BCUT2D eigenvalue weighted by atomic mass is 16.2. The van der Waals surface area contributed by atoms with Gasteiger partial charge in [0.25, 0.3) is 0 Å². The lowest BCUT2D eigenvalue weighted by atomic mass is 10.1. The fraction of sp³-hybridized carbons (Fsp3) is 0.316. The van der Waals surface area contributed by atoms with Crippen LogP contribution in [0.1, 0.15) is 12.8 Å². The molecule has 4 rings (SSSR count). The molecular weight excluding hydrogens is 356 g/mol. The number of nitrogen functional groups attached to an aromatic ring is 1. The van der Waals surface area contributed by atoms with Gasteiger partial charge in [0.05, 0.1) is 23.5 Å². The Bertz CT molecular complexity index is 1070. The molecule has 0 spiro atoms. The van der Waals surface area contributed by atoms with Crippen LogP contribution in [0.3, 0.4) is 0 Å². The van der Waals surface area contributed by atoms with Crippen molar-refractivity contribution >= 4 is 28.6 Å². The zero-order valence-corrected chi connectivity index (χ0v) is 15.5. The molecule has 3 N–H and O–H groups in total. The summed E-state index contributed by atoms with van der Waals surface area (Å²) >= 11 is 0. The van der Waals surface area contributed by atoms with Crippen LogP contribution >= 0.6 is 0 Å². The number of likely N-dealkylation sites (N-methyl/N-ethyl adjacent to an activating group) is 1. The van der Waals surface area contributed by atoms with Crippen molar-refractivity contribution in [2.24, 2.45) is 0 Å². The van der Waals surface area contributed by atoms with Gasteiger partial charge in [-0.2, -0.15) is 5.26 Å². The van der Waals surface area contributed by atoms with E-state index in [9.17, 15) is 4.79 Å². The number of hydrogen-bond acceptors (Lipinski definition) is 7. The lowest BCUT2D eigenvalue weighted by Crippen LogP contribution is -2.39. The van der Waals surface area contributed by atoms with Crippen LogP contribution < -0.4 is 10.6 Å². The maximum Gasteiger partial charge on any atom is 0.236 e. The lowest BCUT2D eigenvalue weighted by Gasteiger charge is -2.24. The molecule has 1 unspecified atom stereocenters. The summed E-state index contributed by atoms with van der Waals surface area (Å²) in [6, 6.07) is 5.65. The first-order chi connectivity index (χ1) is 13.6. The molecule has 3 aromatic heterocycles. The predicted molar refractivity (Wildman–Crippen MR) is 105 cm³/mol. The highest BCUT2D eigenvalue weighted by Gasteiger charge is 2.29. The van der Waals surface area contributed by atoms with Crippen LogP contribution in [0.5, 0.6) is 0 Å². The number of amides is 1. The van der Waals surface area contributed by atoms with Crippen LogP contribution in [0, 0.1) is 11.3 Å². The summed E-state index contributed by atoms with van der Waals surface area (Å²) in [7, 11) is 1.74. The van der Waals surface area contributed by atoms with Gasteiger partial charge in [0.1, 0.15) is 12.1 Å². The minimum Gasteiger partial charge on any atom is -0.398 e. The molecule has 1 atom stereocenters. The van der Waals surface area contributed by atoms with E-state index in [4.69, 9.17) is 11.0 Å². The summed E-state index contributed by atoms with van der Waals surface area (Å²) in [4.78, 5) is 32.2. The van der Waals surface area contributed by atoms with Gasteiger partial charge >= 0.3 is 0 Å². The molecular formula is C19H20N8O. The van der Waals surface area contributed by atoms with E-state index in [1.54, 1.807) is 30.5 Å². The van der Waals surface area contributed by atoms with Crippen molar-refractivity contribution in [1.29, 1.82) is 5.26 Å². The van der Waals surface area contributed by atoms with Crippen LogP contribution in [0.25, 0.3) is 22.3 Å². The van der Waals surface area contributed by atoms with Crippen LogP contribution in [0.15, 0.2) is 30.7 Å². The SMILES string of the molecule is CN(C(=O)CC#N)C1CCN(c2nccc(-c3cnc4[nH]ccc4c3N)n2)C1. The lowest BCUT2D eigenvalue weighted by molar-refractivity contribution is -0.130. The molecule has 0 aliphatic carbocycles. The number of carbonyl (C=O) groups is 1. The van der Waals surface area contributed by atoms with Gasteiger partial charge in [-0.15, -0.1) is 0 Å². The van der Waals surface area contributed by atoms with Gasteiger partial charge < -0.3 is 20.5 Å². The Hall–Kier alpha value is -3.67. The number of pyridine rings is 1. The molecule has 1 saturated heterocycles. The largest absolute Gasteiger partial charge is 0.398 e. The van der Waals surface area contributed by atoms with Crippen LogP contribution in [0.2, 0.25) is 0 Å². The number of anilines is 2. The second-order valence-corrected chi connectivity index (χ2v) is 6.80. The van der Waals surface area contributed by atoms with Gasteiger partial charge in [-0.25, -0.2) is 15.0 Å². The molecule has 0 aromatic carbocycles. The maximum absolute atomic E-state index is 12.0. The summed E-state index contributed by atoms with van der Waals surface area (Å²) in [5.74, 6) is 0.428. The van der Waals surface area contributed by atoms with Gasteiger partial charge in [-0.1, -0.05) is 0 Å². The summed E-state index contributed by atoms with van der Waals surface area (Å²) < 4.78 is 0. The van der Waals surface area contributed by atoms with E-state index in [1.165, 1.54) is 0 Å². The number of aromatic amines is 1. The molecule has 9 nitrogen and oxygen atoms in total. The molecule has 0 bridgehead atoms. The number of hydrogen-bond donors (Lipinski definition) is 2. The van der Waals surface area contributed by atoms with E-state index >= 15 is 0 Å². The van der Waals surface area contributed by atoms with Gasteiger partial charge in [0.2, 0.25) is 11.9 Å². The molecule has 28 heavy (non-hydrogen) atoms. The number of carbonyl (C=O) groups excluding carboxylic acids is 1. The number of nitrogens with one attached hydrogen (secondary N) is 1. The van der Waals surface area contributed by atoms with Crippen LogP contribution in [-0.2, 0) is 4.79 Å². The minimum absolute atomic E-state index is 0.0380. The van der Waals surface area contributed by atoms with Crippen molar-refractivity contribution in [1.82, 2.24) is 24.8 Å². The monoisotopic (exact) mass is 376 g/mol. The standard InChI is InChI=1S/C19H20N8O/c1-26(16(28)2-6-20)12-5-9-27(11-12)19-23-8-4-15(25-19)14-10-24-18-13(17(14)21)3-7-22-18/h3-4,7-8,10,12H,2,5,9,11H2,1H3,(H3,21,22,24). The second kappa shape index (κ2) is 7.15. The number of aromatic nitrogens is 4. The summed E-state index contributed by atoms with van der Waals surface area (Å²) in [6.07, 6.45) is 5.92. The molecule has 0 saturated carbocycles. The van der Waals surface area contributed by atoms with Crippen molar-refractivity contribution in [3.63, 3.8) is 0 Å². The molecule has 9 heteroatoms. The molecule has 4 heterocycles. The molecule has 1 aliphatic rings. The van der Waals surface area contributed by atoms with Crippen molar-refractivity contribution in [3.05, 3.63) is 30.7 Å². The minimum atomic E-state index is -0.164. The van der Waals surface area contributed by atoms with E-state index < -0.39 is 0 Å². The fourth-order valence-corrected chi connectivity index (χ4v) is 3.52.